The fraction of sp³-hybridized carbons (Fsp3) is 0.538. The Labute approximate surface area is 91.9 Å². The van der Waals surface area contributed by atoms with Gasteiger partial charge in [0.1, 0.15) is 0 Å². The lowest BCUT2D eigenvalue weighted by Gasteiger charge is -2.21. The third-order valence-electron chi connectivity index (χ3n) is 3.32. The van der Waals surface area contributed by atoms with Gasteiger partial charge in [0.2, 0.25) is 0 Å². The van der Waals surface area contributed by atoms with Gasteiger partial charge in [-0.15, -0.1) is 0 Å². The second-order valence-electron chi connectivity index (χ2n) is 4.51. The van der Waals surface area contributed by atoms with Gasteiger partial charge in [-0.25, -0.2) is 0 Å². The zero-order valence-corrected chi connectivity index (χ0v) is 9.59. The topological polar surface area (TPSA) is 38.0 Å². The van der Waals surface area contributed by atoms with Crippen LogP contribution in [-0.2, 0) is 12.8 Å². The molecular weight excluding hydrogens is 184 g/mol. The number of nitrogens with one attached hydrogen (secondary N) is 1. The molecule has 2 unspecified atom stereocenters. The number of likely N-dealkylation sites (N-methyl/N-ethyl adjacent to an activating group) is 1. The van der Waals surface area contributed by atoms with Gasteiger partial charge >= 0.3 is 0 Å². The average molecular weight is 204 g/mol. The molecule has 82 valence electrons. The molecule has 0 aliphatic heterocycles. The van der Waals surface area contributed by atoms with Crippen LogP contribution < -0.4 is 11.1 Å². The molecule has 1 aliphatic rings. The van der Waals surface area contributed by atoms with Gasteiger partial charge in [0.25, 0.3) is 0 Å². The number of hydrogen-bond acceptors (Lipinski definition) is 2. The van der Waals surface area contributed by atoms with Crippen molar-refractivity contribution in [2.75, 3.05) is 7.05 Å². The highest BCUT2D eigenvalue weighted by Gasteiger charge is 2.17. The van der Waals surface area contributed by atoms with E-state index in [9.17, 15) is 0 Å². The van der Waals surface area contributed by atoms with Crippen molar-refractivity contribution < 1.29 is 0 Å². The Hall–Kier alpha value is -0.860. The molecule has 2 atom stereocenters. The Morgan fingerprint density at radius 3 is 2.67 bits per heavy atom. The van der Waals surface area contributed by atoms with Gasteiger partial charge in [0, 0.05) is 12.1 Å². The third-order valence-corrected chi connectivity index (χ3v) is 3.32. The zero-order valence-electron chi connectivity index (χ0n) is 9.59. The van der Waals surface area contributed by atoms with E-state index in [1.807, 2.05) is 14.0 Å². The summed E-state index contributed by atoms with van der Waals surface area (Å²) in [6.07, 6.45) is 3.79. The zero-order chi connectivity index (χ0) is 10.8. The van der Waals surface area contributed by atoms with Crippen molar-refractivity contribution in [2.24, 2.45) is 5.73 Å². The summed E-state index contributed by atoms with van der Waals surface area (Å²) in [5.41, 5.74) is 10.3. The molecule has 2 rings (SSSR count). The largest absolute Gasteiger partial charge is 0.326 e. The molecule has 0 spiro atoms. The van der Waals surface area contributed by atoms with E-state index in [1.165, 1.54) is 36.0 Å². The van der Waals surface area contributed by atoms with Crippen molar-refractivity contribution in [1.29, 1.82) is 0 Å². The molecule has 15 heavy (non-hydrogen) atoms. The van der Waals surface area contributed by atoms with Gasteiger partial charge in [0.15, 0.2) is 0 Å². The molecule has 0 saturated heterocycles. The summed E-state index contributed by atoms with van der Waals surface area (Å²) < 4.78 is 0. The van der Waals surface area contributed by atoms with Crippen LogP contribution >= 0.6 is 0 Å². The van der Waals surface area contributed by atoms with Crippen molar-refractivity contribution in [1.82, 2.24) is 5.32 Å². The Morgan fingerprint density at radius 2 is 2.00 bits per heavy atom. The van der Waals surface area contributed by atoms with Crippen molar-refractivity contribution >= 4 is 0 Å². The second kappa shape index (κ2) is 4.33. The van der Waals surface area contributed by atoms with Crippen LogP contribution in [0.5, 0.6) is 0 Å². The SMILES string of the molecule is CNC(c1ccc2c(c1)CCC2)C(C)N. The summed E-state index contributed by atoms with van der Waals surface area (Å²) in [6.45, 7) is 2.05. The maximum Gasteiger partial charge on any atom is 0.0468 e. The van der Waals surface area contributed by atoms with Crippen LogP contribution in [-0.4, -0.2) is 13.1 Å². The van der Waals surface area contributed by atoms with Crippen LogP contribution in [0.4, 0.5) is 0 Å². The molecule has 0 amide bonds. The highest BCUT2D eigenvalue weighted by molar-refractivity contribution is 5.36. The molecule has 0 bridgehead atoms. The highest BCUT2D eigenvalue weighted by Crippen LogP contribution is 2.26. The number of benzene rings is 1. The lowest BCUT2D eigenvalue weighted by Crippen LogP contribution is -2.33. The number of nitrogens with two attached hydrogens (primary N) is 1. The molecule has 0 fully saturated rings. The number of rotatable bonds is 3. The standard InChI is InChI=1S/C13H20N2/c1-9(14)13(15-2)12-7-6-10-4-3-5-11(10)8-12/h6-9,13,15H,3-5,14H2,1-2H3. The summed E-state index contributed by atoms with van der Waals surface area (Å²) in [5, 5.41) is 3.28. The van der Waals surface area contributed by atoms with E-state index in [4.69, 9.17) is 5.73 Å². The molecule has 1 aromatic carbocycles. The van der Waals surface area contributed by atoms with Gasteiger partial charge in [0.05, 0.1) is 0 Å². The minimum atomic E-state index is 0.148. The lowest BCUT2D eigenvalue weighted by molar-refractivity contribution is 0.503. The Bertz CT molecular complexity index is 344. The smallest absolute Gasteiger partial charge is 0.0468 e. The molecular formula is C13H20N2. The molecule has 3 N–H and O–H groups in total. The minimum absolute atomic E-state index is 0.148. The van der Waals surface area contributed by atoms with Crippen LogP contribution in [0, 0.1) is 0 Å². The average Bonchev–Trinajstić information content (AvgIpc) is 2.65. The predicted octanol–water partition coefficient (Wildman–Crippen LogP) is 1.78. The van der Waals surface area contributed by atoms with Gasteiger partial charge < -0.3 is 11.1 Å². The third kappa shape index (κ3) is 2.06. The minimum Gasteiger partial charge on any atom is -0.326 e. The Morgan fingerprint density at radius 1 is 1.27 bits per heavy atom. The van der Waals surface area contributed by atoms with Crippen molar-refractivity contribution in [2.45, 2.75) is 38.3 Å². The van der Waals surface area contributed by atoms with E-state index in [2.05, 4.69) is 23.5 Å². The first-order valence-electron chi connectivity index (χ1n) is 5.77. The van der Waals surface area contributed by atoms with Gasteiger partial charge in [-0.1, -0.05) is 18.2 Å². The molecule has 2 nitrogen and oxygen atoms in total. The van der Waals surface area contributed by atoms with Crippen molar-refractivity contribution in [3.8, 4) is 0 Å². The van der Waals surface area contributed by atoms with Crippen LogP contribution in [0.3, 0.4) is 0 Å². The monoisotopic (exact) mass is 204 g/mol. The lowest BCUT2D eigenvalue weighted by atomic mass is 9.97. The summed E-state index contributed by atoms with van der Waals surface area (Å²) in [6, 6.07) is 7.23. The number of aryl methyl sites for hydroxylation is 2. The summed E-state index contributed by atoms with van der Waals surface area (Å²) in [5.74, 6) is 0. The quantitative estimate of drug-likeness (QED) is 0.787. The molecule has 1 aliphatic carbocycles. The van der Waals surface area contributed by atoms with Crippen molar-refractivity contribution in [3.05, 3.63) is 34.9 Å². The first kappa shape index (κ1) is 10.7. The molecule has 2 heteroatoms. The first-order valence-corrected chi connectivity index (χ1v) is 5.77. The Kier molecular flexibility index (Phi) is 3.08. The molecule has 0 heterocycles. The van der Waals surface area contributed by atoms with E-state index >= 15 is 0 Å². The van der Waals surface area contributed by atoms with Crippen LogP contribution in [0.15, 0.2) is 18.2 Å². The maximum atomic E-state index is 5.96. The van der Waals surface area contributed by atoms with Crippen LogP contribution in [0.2, 0.25) is 0 Å². The summed E-state index contributed by atoms with van der Waals surface area (Å²) >= 11 is 0. The summed E-state index contributed by atoms with van der Waals surface area (Å²) in [4.78, 5) is 0. The number of fused-ring (bicyclic) bond motifs is 1. The molecule has 1 aromatic rings. The fourth-order valence-electron chi connectivity index (χ4n) is 2.52. The van der Waals surface area contributed by atoms with Gasteiger partial charge in [-0.2, -0.15) is 0 Å². The first-order chi connectivity index (χ1) is 7.22. The number of hydrogen-bond donors (Lipinski definition) is 2. The molecule has 0 aromatic heterocycles. The van der Waals surface area contributed by atoms with E-state index in [-0.39, 0.29) is 12.1 Å². The molecule has 0 radical (unpaired) electrons. The predicted molar refractivity (Wildman–Crippen MR) is 63.9 cm³/mol. The van der Waals surface area contributed by atoms with E-state index in [0.717, 1.165) is 0 Å². The van der Waals surface area contributed by atoms with Crippen LogP contribution in [0.1, 0.15) is 36.1 Å². The van der Waals surface area contributed by atoms with E-state index < -0.39 is 0 Å². The second-order valence-corrected chi connectivity index (χ2v) is 4.51. The van der Waals surface area contributed by atoms with Crippen LogP contribution in [0.25, 0.3) is 0 Å². The van der Waals surface area contributed by atoms with Gasteiger partial charge in [-0.05, 0) is 49.9 Å². The molecule has 0 saturated carbocycles. The van der Waals surface area contributed by atoms with E-state index in [1.54, 1.807) is 0 Å². The van der Waals surface area contributed by atoms with Crippen molar-refractivity contribution in [3.63, 3.8) is 0 Å². The fourth-order valence-corrected chi connectivity index (χ4v) is 2.52. The summed E-state index contributed by atoms with van der Waals surface area (Å²) in [7, 11) is 1.97. The normalized spacial score (nSPS) is 18.6. The van der Waals surface area contributed by atoms with Gasteiger partial charge in [-0.3, -0.25) is 0 Å². The van der Waals surface area contributed by atoms with E-state index in [0.29, 0.717) is 0 Å². The highest BCUT2D eigenvalue weighted by atomic mass is 14.9. The Balaban J connectivity index is 2.28. The maximum absolute atomic E-state index is 5.96.